The lowest BCUT2D eigenvalue weighted by Crippen LogP contribution is -2.33. The van der Waals surface area contributed by atoms with Crippen LogP contribution < -0.4 is 19.4 Å². The van der Waals surface area contributed by atoms with Gasteiger partial charge in [0, 0.05) is 98.8 Å². The molecule has 1 unspecified atom stereocenters. The number of benzene rings is 16. The molecule has 0 amide bonds. The van der Waals surface area contributed by atoms with Crippen LogP contribution in [0.4, 0.5) is 51.2 Å². The van der Waals surface area contributed by atoms with Gasteiger partial charge < -0.3 is 28.3 Å². The Morgan fingerprint density at radius 3 is 1.55 bits per heavy atom. The average Bonchev–Trinajstić information content (AvgIpc) is 1.47. The number of rotatable bonds is 12. The summed E-state index contributed by atoms with van der Waals surface area (Å²) >= 11 is 1.85. The number of thiophene rings is 1. The molecule has 0 saturated carbocycles. The van der Waals surface area contributed by atoms with E-state index in [0.29, 0.717) is 0 Å². The lowest BCUT2D eigenvalue weighted by atomic mass is 9.66. The van der Waals surface area contributed by atoms with Gasteiger partial charge in [0.05, 0.1) is 27.9 Å². The molecule has 16 aromatic carbocycles. The first-order valence-corrected chi connectivity index (χ1v) is 36.2. The van der Waals surface area contributed by atoms with Crippen molar-refractivity contribution in [2.24, 2.45) is 0 Å². The normalized spacial score (nSPS) is 13.5. The van der Waals surface area contributed by atoms with E-state index in [9.17, 15) is 0 Å². The minimum atomic E-state index is -0.943. The second-order valence-electron chi connectivity index (χ2n) is 26.9. The van der Waals surface area contributed by atoms with Gasteiger partial charge in [0.15, 0.2) is 5.75 Å². The first-order chi connectivity index (χ1) is 51.6. The van der Waals surface area contributed by atoms with Gasteiger partial charge in [-0.1, -0.05) is 249 Å². The van der Waals surface area contributed by atoms with Gasteiger partial charge in [0.2, 0.25) is 0 Å². The summed E-state index contributed by atoms with van der Waals surface area (Å²) in [6.07, 6.45) is 0. The van der Waals surface area contributed by atoms with Crippen molar-refractivity contribution in [3.8, 4) is 56.0 Å². The summed E-state index contributed by atoms with van der Waals surface area (Å²) in [5.41, 5.74) is 24.4. The maximum Gasteiger partial charge on any atom is 0.156 e. The molecule has 19 aromatic rings. The molecule has 0 N–H and O–H groups in total. The van der Waals surface area contributed by atoms with E-state index in [4.69, 9.17) is 13.6 Å². The Hall–Kier alpha value is -13.5. The molecule has 21 rings (SSSR count). The molecule has 104 heavy (non-hydrogen) atoms. The van der Waals surface area contributed by atoms with E-state index in [1.807, 2.05) is 17.4 Å². The van der Waals surface area contributed by atoms with Crippen molar-refractivity contribution < 1.29 is 13.6 Å². The minimum Gasteiger partial charge on any atom is -0.456 e. The SMILES string of the molecule is c1ccc(-c2cc(N(c3ccccc3)c3cccc4c3Oc3cc(N(c5ccccc5)c5cc(-c6ccccc6)c6oc7ccccc7c6c5)ccc3C43c4ccccc4-c4cc(N(c5ccccc5)c5ccc6sc7ccccc7c6c5-c5ccccc5)ccc43)c3c(c2)oc2ccccc23)cc1. The molecule has 0 bridgehead atoms. The van der Waals surface area contributed by atoms with Gasteiger partial charge in [-0.15, -0.1) is 11.3 Å². The van der Waals surface area contributed by atoms with Crippen LogP contribution in [-0.4, -0.2) is 0 Å². The second kappa shape index (κ2) is 23.9. The van der Waals surface area contributed by atoms with Crippen molar-refractivity contribution in [2.45, 2.75) is 5.41 Å². The molecule has 1 spiro atoms. The molecule has 6 nitrogen and oxygen atoms in total. The molecule has 1 aliphatic heterocycles. The largest absolute Gasteiger partial charge is 0.456 e. The number of hydrogen-bond acceptors (Lipinski definition) is 7. The molecule has 1 atom stereocenters. The maximum absolute atomic E-state index is 8.09. The number of ether oxygens (including phenoxy) is 1. The zero-order chi connectivity index (χ0) is 68.4. The van der Waals surface area contributed by atoms with E-state index in [0.717, 1.165) is 168 Å². The molecular weight excluding hydrogens is 1290 g/mol. The van der Waals surface area contributed by atoms with Gasteiger partial charge in [-0.2, -0.15) is 0 Å². The van der Waals surface area contributed by atoms with E-state index in [-0.39, 0.29) is 0 Å². The van der Waals surface area contributed by atoms with Crippen molar-refractivity contribution in [2.75, 3.05) is 14.7 Å². The second-order valence-corrected chi connectivity index (χ2v) is 28.0. The number of anilines is 9. The Morgan fingerprint density at radius 2 is 0.817 bits per heavy atom. The summed E-state index contributed by atoms with van der Waals surface area (Å²) < 4.78 is 24.4. The van der Waals surface area contributed by atoms with Crippen molar-refractivity contribution >= 4 is 127 Å². The monoisotopic (exact) mass is 1350 g/mol. The summed E-state index contributed by atoms with van der Waals surface area (Å²) in [7, 11) is 0. The van der Waals surface area contributed by atoms with Gasteiger partial charge in [0.25, 0.3) is 0 Å². The van der Waals surface area contributed by atoms with Gasteiger partial charge >= 0.3 is 0 Å². The van der Waals surface area contributed by atoms with Crippen LogP contribution >= 0.6 is 11.3 Å². The number of para-hydroxylation sites is 6. The smallest absolute Gasteiger partial charge is 0.156 e. The molecule has 0 saturated heterocycles. The summed E-state index contributed by atoms with van der Waals surface area (Å²) in [5.74, 6) is 1.46. The number of hydrogen-bond donors (Lipinski definition) is 0. The third-order valence-electron chi connectivity index (χ3n) is 21.2. The van der Waals surface area contributed by atoms with Crippen LogP contribution in [0.1, 0.15) is 22.3 Å². The Labute approximate surface area is 604 Å². The topological polar surface area (TPSA) is 45.2 Å². The highest BCUT2D eigenvalue weighted by Crippen LogP contribution is 2.66. The zero-order valence-corrected chi connectivity index (χ0v) is 57.0. The molecule has 2 aliphatic rings. The summed E-state index contributed by atoms with van der Waals surface area (Å²) in [6.45, 7) is 0. The predicted molar refractivity (Wildman–Crippen MR) is 432 cm³/mol. The highest BCUT2D eigenvalue weighted by Gasteiger charge is 2.52. The fourth-order valence-corrected chi connectivity index (χ4v) is 18.0. The Morgan fingerprint density at radius 1 is 0.260 bits per heavy atom. The van der Waals surface area contributed by atoms with Crippen molar-refractivity contribution in [3.63, 3.8) is 0 Å². The lowest BCUT2D eigenvalue weighted by molar-refractivity contribution is 0.437. The molecule has 488 valence electrons. The number of fused-ring (bicyclic) bond motifs is 18. The van der Waals surface area contributed by atoms with Crippen LogP contribution in [0.2, 0.25) is 0 Å². The minimum absolute atomic E-state index is 0.730. The molecule has 4 heterocycles. The van der Waals surface area contributed by atoms with Gasteiger partial charge in [0.1, 0.15) is 28.1 Å². The van der Waals surface area contributed by atoms with Crippen molar-refractivity contribution in [1.82, 2.24) is 0 Å². The van der Waals surface area contributed by atoms with E-state index >= 15 is 0 Å². The Kier molecular flexibility index (Phi) is 13.6. The average molecular weight is 1350 g/mol. The van der Waals surface area contributed by atoms with Crippen LogP contribution in [0, 0.1) is 0 Å². The Bertz CT molecular complexity index is 6590. The lowest BCUT2D eigenvalue weighted by Gasteiger charge is -2.42. The number of nitrogens with zero attached hydrogens (tertiary/aromatic N) is 3. The first kappa shape index (κ1) is 59.4. The van der Waals surface area contributed by atoms with Crippen LogP contribution in [0.5, 0.6) is 11.5 Å². The van der Waals surface area contributed by atoms with E-state index in [2.05, 4.69) is 379 Å². The fraction of sp³-hybridized carbons (Fsp3) is 0.0103. The number of furan rings is 2. The van der Waals surface area contributed by atoms with Crippen LogP contribution in [0.3, 0.4) is 0 Å². The summed E-state index contributed by atoms with van der Waals surface area (Å²) in [4.78, 5) is 7.26. The van der Waals surface area contributed by atoms with Crippen molar-refractivity contribution in [1.29, 1.82) is 0 Å². The van der Waals surface area contributed by atoms with Gasteiger partial charge in [-0.3, -0.25) is 0 Å². The standard InChI is InChI=1S/C97H61N3O3S/c1-7-28-62(29-8-1)65-56-85(93-74-42-21-25-48-87(74)101-89(93)57-65)100(68-38-17-6-18-39-68)84-46-27-45-82-96(84)103-88-61-70(98(66-34-13-4-14-35-66)71-59-76(63-30-9-2-10-31-63)95-78(60-71)73-41-20-24-47-86(73)102-95)51-53-81(88)97(82)79-44-23-19-40-72(79)77-58-69(50-52-80(77)97)99(67-36-15-5-16-37-67)83-54-55-91-94(75-43-22-26-49-90(75)104-91)92(83)64-32-11-3-12-33-64/h1-61H. The highest BCUT2D eigenvalue weighted by molar-refractivity contribution is 7.26. The molecule has 1 aliphatic carbocycles. The van der Waals surface area contributed by atoms with E-state index < -0.39 is 5.41 Å². The molecule has 3 aromatic heterocycles. The summed E-state index contributed by atoms with van der Waals surface area (Å²) in [6, 6.07) is 134. The molecule has 0 fully saturated rings. The zero-order valence-electron chi connectivity index (χ0n) is 56.2. The highest BCUT2D eigenvalue weighted by atomic mass is 32.1. The molecule has 0 radical (unpaired) electrons. The predicted octanol–water partition coefficient (Wildman–Crippen LogP) is 27.7. The van der Waals surface area contributed by atoms with Crippen LogP contribution in [0.25, 0.3) is 109 Å². The third-order valence-corrected chi connectivity index (χ3v) is 22.4. The quantitative estimate of drug-likeness (QED) is 0.121. The third kappa shape index (κ3) is 9.20. The molecule has 7 heteroatoms. The maximum atomic E-state index is 8.09. The van der Waals surface area contributed by atoms with Gasteiger partial charge in [-0.05, 0) is 160 Å². The summed E-state index contributed by atoms with van der Waals surface area (Å²) in [5, 5.41) is 6.60. The fourth-order valence-electron chi connectivity index (χ4n) is 16.9. The van der Waals surface area contributed by atoms with Gasteiger partial charge in [-0.25, -0.2) is 0 Å². The van der Waals surface area contributed by atoms with Crippen LogP contribution in [0.15, 0.2) is 379 Å². The van der Waals surface area contributed by atoms with Crippen LogP contribution in [-0.2, 0) is 5.41 Å². The van der Waals surface area contributed by atoms with E-state index in [1.165, 1.54) is 25.7 Å². The Balaban J connectivity index is 0.841. The molecular formula is C97H61N3O3S. The first-order valence-electron chi connectivity index (χ1n) is 35.4. The van der Waals surface area contributed by atoms with E-state index in [1.54, 1.807) is 0 Å². The van der Waals surface area contributed by atoms with Crippen molar-refractivity contribution in [3.05, 3.63) is 392 Å².